The molecule has 0 saturated carbocycles. The minimum absolute atomic E-state index is 0.181. The Balaban J connectivity index is 2.31. The van der Waals surface area contributed by atoms with Gasteiger partial charge in [0.15, 0.2) is 0 Å². The van der Waals surface area contributed by atoms with Crippen molar-refractivity contribution in [1.29, 1.82) is 5.26 Å². The van der Waals surface area contributed by atoms with E-state index in [0.717, 1.165) is 12.0 Å². The summed E-state index contributed by atoms with van der Waals surface area (Å²) in [4.78, 5) is 15.4. The second-order valence-electron chi connectivity index (χ2n) is 3.49. The van der Waals surface area contributed by atoms with Crippen molar-refractivity contribution in [2.75, 3.05) is 6.54 Å². The van der Waals surface area contributed by atoms with Gasteiger partial charge in [0.1, 0.15) is 5.92 Å². The van der Waals surface area contributed by atoms with Gasteiger partial charge in [0.25, 0.3) is 0 Å². The number of nitrogens with zero attached hydrogens (tertiary/aromatic N) is 2. The van der Waals surface area contributed by atoms with Gasteiger partial charge in [0.2, 0.25) is 5.91 Å². The Morgan fingerprint density at radius 2 is 2.25 bits per heavy atom. The number of nitrogens with one attached hydrogen (secondary N) is 1. The maximum atomic E-state index is 11.4. The van der Waals surface area contributed by atoms with Crippen LogP contribution in [0.15, 0.2) is 24.5 Å². The van der Waals surface area contributed by atoms with Crippen molar-refractivity contribution in [3.8, 4) is 6.07 Å². The standard InChI is InChI=1S/C12H15N3O/c1-2-11(9-13)12(16)15-8-5-10-3-6-14-7-4-10/h3-4,6-7,11H,2,5,8H2,1H3,(H,15,16). The van der Waals surface area contributed by atoms with Crippen molar-refractivity contribution in [2.24, 2.45) is 5.92 Å². The highest BCUT2D eigenvalue weighted by atomic mass is 16.1. The lowest BCUT2D eigenvalue weighted by molar-refractivity contribution is -0.123. The number of hydrogen-bond acceptors (Lipinski definition) is 3. The van der Waals surface area contributed by atoms with E-state index in [1.165, 1.54) is 0 Å². The van der Waals surface area contributed by atoms with Crippen molar-refractivity contribution in [3.63, 3.8) is 0 Å². The summed E-state index contributed by atoms with van der Waals surface area (Å²) in [6.45, 7) is 2.39. The molecule has 0 aliphatic rings. The molecule has 1 N–H and O–H groups in total. The molecule has 0 aliphatic carbocycles. The van der Waals surface area contributed by atoms with Crippen LogP contribution in [0.5, 0.6) is 0 Å². The first-order chi connectivity index (χ1) is 7.77. The fourth-order valence-electron chi connectivity index (χ4n) is 1.34. The molecule has 1 amide bonds. The second kappa shape index (κ2) is 6.57. The first-order valence-corrected chi connectivity index (χ1v) is 5.34. The SMILES string of the molecule is CCC(C#N)C(=O)NCCc1ccncc1. The van der Waals surface area contributed by atoms with Crippen LogP contribution in [0.3, 0.4) is 0 Å². The molecule has 0 aliphatic heterocycles. The number of pyridine rings is 1. The van der Waals surface area contributed by atoms with Crippen molar-refractivity contribution >= 4 is 5.91 Å². The predicted molar refractivity (Wildman–Crippen MR) is 60.3 cm³/mol. The van der Waals surface area contributed by atoms with Gasteiger partial charge < -0.3 is 5.32 Å². The first kappa shape index (κ1) is 12.2. The van der Waals surface area contributed by atoms with Crippen LogP contribution in [0.1, 0.15) is 18.9 Å². The van der Waals surface area contributed by atoms with Crippen LogP contribution in [-0.2, 0) is 11.2 Å². The molecule has 0 fully saturated rings. The normalized spacial score (nSPS) is 11.5. The van der Waals surface area contributed by atoms with Crippen molar-refractivity contribution in [3.05, 3.63) is 30.1 Å². The Hall–Kier alpha value is -1.89. The van der Waals surface area contributed by atoms with Gasteiger partial charge in [-0.15, -0.1) is 0 Å². The molecule has 0 radical (unpaired) electrons. The molecule has 16 heavy (non-hydrogen) atoms. The Bertz CT molecular complexity index is 370. The molecular weight excluding hydrogens is 202 g/mol. The predicted octanol–water partition coefficient (Wildman–Crippen LogP) is 1.29. The lowest BCUT2D eigenvalue weighted by Gasteiger charge is -2.07. The minimum atomic E-state index is -0.530. The third-order valence-corrected chi connectivity index (χ3v) is 2.34. The third-order valence-electron chi connectivity index (χ3n) is 2.34. The summed E-state index contributed by atoms with van der Waals surface area (Å²) in [6, 6.07) is 5.80. The van der Waals surface area contributed by atoms with Gasteiger partial charge in [-0.05, 0) is 30.5 Å². The number of rotatable bonds is 5. The van der Waals surface area contributed by atoms with E-state index in [2.05, 4.69) is 10.3 Å². The Kier molecular flexibility index (Phi) is 5.00. The number of hydrogen-bond donors (Lipinski definition) is 1. The van der Waals surface area contributed by atoms with E-state index in [1.807, 2.05) is 25.1 Å². The highest BCUT2D eigenvalue weighted by Gasteiger charge is 2.13. The van der Waals surface area contributed by atoms with E-state index in [-0.39, 0.29) is 5.91 Å². The van der Waals surface area contributed by atoms with Crippen LogP contribution in [0, 0.1) is 17.2 Å². The van der Waals surface area contributed by atoms with E-state index < -0.39 is 5.92 Å². The summed E-state index contributed by atoms with van der Waals surface area (Å²) in [5, 5.41) is 11.4. The first-order valence-electron chi connectivity index (χ1n) is 5.34. The maximum Gasteiger partial charge on any atom is 0.237 e. The summed E-state index contributed by atoms with van der Waals surface area (Å²) in [6.07, 6.45) is 4.76. The molecule has 1 unspecified atom stereocenters. The van der Waals surface area contributed by atoms with Gasteiger partial charge >= 0.3 is 0 Å². The molecule has 0 aromatic carbocycles. The third kappa shape index (κ3) is 3.70. The molecule has 0 bridgehead atoms. The molecule has 1 rings (SSSR count). The Morgan fingerprint density at radius 3 is 2.81 bits per heavy atom. The van der Waals surface area contributed by atoms with Gasteiger partial charge in [0.05, 0.1) is 6.07 Å². The number of amides is 1. The Morgan fingerprint density at radius 1 is 1.56 bits per heavy atom. The smallest absolute Gasteiger partial charge is 0.237 e. The largest absolute Gasteiger partial charge is 0.355 e. The Labute approximate surface area is 95.3 Å². The average Bonchev–Trinajstić information content (AvgIpc) is 2.32. The number of aromatic nitrogens is 1. The van der Waals surface area contributed by atoms with Crippen molar-refractivity contribution in [2.45, 2.75) is 19.8 Å². The van der Waals surface area contributed by atoms with E-state index in [4.69, 9.17) is 5.26 Å². The quantitative estimate of drug-likeness (QED) is 0.808. The zero-order valence-electron chi connectivity index (χ0n) is 9.31. The maximum absolute atomic E-state index is 11.4. The van der Waals surface area contributed by atoms with Crippen LogP contribution in [0.25, 0.3) is 0 Å². The summed E-state index contributed by atoms with van der Waals surface area (Å²) in [5.41, 5.74) is 1.13. The average molecular weight is 217 g/mol. The fourth-order valence-corrected chi connectivity index (χ4v) is 1.34. The van der Waals surface area contributed by atoms with Crippen LogP contribution in [0.2, 0.25) is 0 Å². The molecular formula is C12H15N3O. The second-order valence-corrected chi connectivity index (χ2v) is 3.49. The van der Waals surface area contributed by atoms with Crippen LogP contribution in [0.4, 0.5) is 0 Å². The lowest BCUT2D eigenvalue weighted by atomic mass is 10.1. The fraction of sp³-hybridized carbons (Fsp3) is 0.417. The van der Waals surface area contributed by atoms with Gasteiger partial charge in [-0.25, -0.2) is 0 Å². The zero-order valence-corrected chi connectivity index (χ0v) is 9.31. The van der Waals surface area contributed by atoms with Crippen LogP contribution >= 0.6 is 0 Å². The molecule has 0 spiro atoms. The van der Waals surface area contributed by atoms with Gasteiger partial charge in [-0.1, -0.05) is 6.92 Å². The highest BCUT2D eigenvalue weighted by molar-refractivity contribution is 5.80. The highest BCUT2D eigenvalue weighted by Crippen LogP contribution is 2.00. The summed E-state index contributed by atoms with van der Waals surface area (Å²) in [5.74, 6) is -0.712. The van der Waals surface area contributed by atoms with Gasteiger partial charge in [-0.2, -0.15) is 5.26 Å². The summed E-state index contributed by atoms with van der Waals surface area (Å²) in [7, 11) is 0. The molecule has 1 atom stereocenters. The van der Waals surface area contributed by atoms with Crippen molar-refractivity contribution in [1.82, 2.24) is 10.3 Å². The molecule has 84 valence electrons. The molecule has 1 aromatic rings. The van der Waals surface area contributed by atoms with Crippen molar-refractivity contribution < 1.29 is 4.79 Å². The lowest BCUT2D eigenvalue weighted by Crippen LogP contribution is -2.31. The summed E-state index contributed by atoms with van der Waals surface area (Å²) >= 11 is 0. The van der Waals surface area contributed by atoms with Crippen LogP contribution in [-0.4, -0.2) is 17.4 Å². The molecule has 1 heterocycles. The topological polar surface area (TPSA) is 65.8 Å². The van der Waals surface area contributed by atoms with Crippen LogP contribution < -0.4 is 5.32 Å². The number of carbonyl (C=O) groups is 1. The summed E-state index contributed by atoms with van der Waals surface area (Å²) < 4.78 is 0. The monoisotopic (exact) mass is 217 g/mol. The van der Waals surface area contributed by atoms with E-state index in [1.54, 1.807) is 12.4 Å². The molecule has 4 heteroatoms. The molecule has 0 saturated heterocycles. The van der Waals surface area contributed by atoms with Gasteiger partial charge in [0, 0.05) is 18.9 Å². The minimum Gasteiger partial charge on any atom is -0.355 e. The van der Waals surface area contributed by atoms with E-state index in [0.29, 0.717) is 13.0 Å². The number of nitriles is 1. The zero-order chi connectivity index (χ0) is 11.8. The number of carbonyl (C=O) groups excluding carboxylic acids is 1. The van der Waals surface area contributed by atoms with E-state index >= 15 is 0 Å². The van der Waals surface area contributed by atoms with Gasteiger partial charge in [-0.3, -0.25) is 9.78 Å². The molecule has 4 nitrogen and oxygen atoms in total. The van der Waals surface area contributed by atoms with E-state index in [9.17, 15) is 4.79 Å². The molecule has 1 aromatic heterocycles.